The summed E-state index contributed by atoms with van der Waals surface area (Å²) < 4.78 is 0.991. The third-order valence-corrected chi connectivity index (χ3v) is 4.88. The summed E-state index contributed by atoms with van der Waals surface area (Å²) in [5, 5.41) is 35.4. The largest absolute Gasteiger partial charge is 0.395 e. The zero-order valence-corrected chi connectivity index (χ0v) is 13.9. The molecule has 0 aliphatic heterocycles. The molecule has 1 aromatic heterocycles. The molecule has 1 aromatic carbocycles. The Labute approximate surface area is 139 Å². The van der Waals surface area contributed by atoms with Crippen LogP contribution in [0.1, 0.15) is 16.5 Å². The SMILES string of the molecule is O=[N+]([O-])c1ccc(C(O)C(CO)NCc2cc(Br)cs2)cc1. The second-order valence-corrected chi connectivity index (χ2v) is 6.61. The standard InChI is InChI=1S/C14H15BrN2O4S/c15-10-5-12(22-8-10)6-16-13(7-18)14(19)9-1-3-11(4-2-9)17(20)21/h1-5,8,13-14,16,18-19H,6-7H2. The summed E-state index contributed by atoms with van der Waals surface area (Å²) in [5.41, 5.74) is 0.484. The van der Waals surface area contributed by atoms with Gasteiger partial charge in [-0.15, -0.1) is 11.3 Å². The van der Waals surface area contributed by atoms with Gasteiger partial charge in [0.1, 0.15) is 0 Å². The Morgan fingerprint density at radius 1 is 1.36 bits per heavy atom. The minimum atomic E-state index is -0.950. The highest BCUT2D eigenvalue weighted by Crippen LogP contribution is 2.22. The molecule has 0 fully saturated rings. The van der Waals surface area contributed by atoms with Gasteiger partial charge < -0.3 is 15.5 Å². The van der Waals surface area contributed by atoms with Crippen molar-refractivity contribution in [2.45, 2.75) is 18.7 Å². The Kier molecular flexibility index (Phi) is 6.04. The molecule has 2 unspecified atom stereocenters. The Bertz CT molecular complexity index is 632. The Morgan fingerprint density at radius 3 is 2.55 bits per heavy atom. The molecule has 1 heterocycles. The van der Waals surface area contributed by atoms with E-state index in [1.807, 2.05) is 11.4 Å². The Morgan fingerprint density at radius 2 is 2.05 bits per heavy atom. The summed E-state index contributed by atoms with van der Waals surface area (Å²) in [4.78, 5) is 11.2. The number of non-ortho nitro benzene ring substituents is 1. The van der Waals surface area contributed by atoms with Gasteiger partial charge in [-0.1, -0.05) is 0 Å². The molecule has 6 nitrogen and oxygen atoms in total. The van der Waals surface area contributed by atoms with Crippen molar-refractivity contribution in [1.29, 1.82) is 0 Å². The number of nitrogens with zero attached hydrogens (tertiary/aromatic N) is 1. The minimum absolute atomic E-state index is 0.0344. The average molecular weight is 387 g/mol. The number of aliphatic hydroxyl groups excluding tert-OH is 2. The van der Waals surface area contributed by atoms with Crippen LogP contribution in [0.3, 0.4) is 0 Å². The molecule has 0 amide bonds. The Balaban J connectivity index is 2.01. The van der Waals surface area contributed by atoms with Crippen molar-refractivity contribution >= 4 is 33.0 Å². The maximum atomic E-state index is 10.6. The van der Waals surface area contributed by atoms with E-state index >= 15 is 0 Å². The molecule has 22 heavy (non-hydrogen) atoms. The van der Waals surface area contributed by atoms with E-state index in [1.54, 1.807) is 11.3 Å². The van der Waals surface area contributed by atoms with Crippen molar-refractivity contribution in [1.82, 2.24) is 5.32 Å². The molecule has 0 bridgehead atoms. The van der Waals surface area contributed by atoms with E-state index in [1.165, 1.54) is 24.3 Å². The number of nitro benzene ring substituents is 1. The second kappa shape index (κ2) is 7.80. The zero-order chi connectivity index (χ0) is 16.1. The molecule has 0 radical (unpaired) electrons. The summed E-state index contributed by atoms with van der Waals surface area (Å²) in [5.74, 6) is 0. The van der Waals surface area contributed by atoms with E-state index in [0.29, 0.717) is 12.1 Å². The average Bonchev–Trinajstić information content (AvgIpc) is 2.93. The van der Waals surface area contributed by atoms with Crippen LogP contribution >= 0.6 is 27.3 Å². The van der Waals surface area contributed by atoms with Crippen LogP contribution in [0.2, 0.25) is 0 Å². The van der Waals surface area contributed by atoms with Gasteiger partial charge in [0.25, 0.3) is 5.69 Å². The van der Waals surface area contributed by atoms with Crippen LogP contribution in [0.5, 0.6) is 0 Å². The van der Waals surface area contributed by atoms with Crippen LogP contribution in [-0.2, 0) is 6.54 Å². The van der Waals surface area contributed by atoms with Crippen molar-refractivity contribution < 1.29 is 15.1 Å². The van der Waals surface area contributed by atoms with E-state index in [4.69, 9.17) is 0 Å². The summed E-state index contributed by atoms with van der Waals surface area (Å²) in [6.07, 6.45) is -0.950. The smallest absolute Gasteiger partial charge is 0.269 e. The lowest BCUT2D eigenvalue weighted by Gasteiger charge is -2.22. The number of halogens is 1. The third kappa shape index (κ3) is 4.34. The number of rotatable bonds is 7. The summed E-state index contributed by atoms with van der Waals surface area (Å²) >= 11 is 4.94. The minimum Gasteiger partial charge on any atom is -0.395 e. The molecule has 0 spiro atoms. The lowest BCUT2D eigenvalue weighted by atomic mass is 10.0. The van der Waals surface area contributed by atoms with Crippen LogP contribution in [0.25, 0.3) is 0 Å². The van der Waals surface area contributed by atoms with Gasteiger partial charge in [0.15, 0.2) is 0 Å². The summed E-state index contributed by atoms with van der Waals surface area (Å²) in [6.45, 7) is 0.274. The normalized spacial score (nSPS) is 13.8. The van der Waals surface area contributed by atoms with Crippen molar-refractivity contribution in [3.8, 4) is 0 Å². The van der Waals surface area contributed by atoms with Gasteiger partial charge >= 0.3 is 0 Å². The van der Waals surface area contributed by atoms with E-state index in [9.17, 15) is 20.3 Å². The van der Waals surface area contributed by atoms with Crippen LogP contribution in [0.15, 0.2) is 40.2 Å². The molecule has 3 N–H and O–H groups in total. The third-order valence-electron chi connectivity index (χ3n) is 3.18. The van der Waals surface area contributed by atoms with Crippen LogP contribution in [0.4, 0.5) is 5.69 Å². The van der Waals surface area contributed by atoms with E-state index in [-0.39, 0.29) is 12.3 Å². The van der Waals surface area contributed by atoms with Gasteiger partial charge in [-0.25, -0.2) is 0 Å². The Hall–Kier alpha value is -1.32. The number of hydrogen-bond acceptors (Lipinski definition) is 6. The number of nitro groups is 1. The maximum absolute atomic E-state index is 10.6. The molecular weight excluding hydrogens is 372 g/mol. The number of nitrogens with one attached hydrogen (secondary N) is 1. The first-order chi connectivity index (χ1) is 10.5. The molecule has 0 saturated carbocycles. The summed E-state index contributed by atoms with van der Waals surface area (Å²) in [6, 6.07) is 7.07. The first-order valence-corrected chi connectivity index (χ1v) is 8.18. The van der Waals surface area contributed by atoms with Gasteiger partial charge in [-0.05, 0) is 39.7 Å². The topological polar surface area (TPSA) is 95.6 Å². The molecule has 8 heteroatoms. The number of thiophene rings is 1. The quantitative estimate of drug-likeness (QED) is 0.502. The molecule has 0 aliphatic rings. The molecular formula is C14H15BrN2O4S. The predicted molar refractivity (Wildman–Crippen MR) is 87.8 cm³/mol. The van der Waals surface area contributed by atoms with Gasteiger partial charge in [0, 0.05) is 33.4 Å². The second-order valence-electron chi connectivity index (χ2n) is 4.69. The molecule has 0 aliphatic carbocycles. The lowest BCUT2D eigenvalue weighted by Crippen LogP contribution is -2.37. The van der Waals surface area contributed by atoms with E-state index in [2.05, 4.69) is 21.2 Å². The number of hydrogen-bond donors (Lipinski definition) is 3. The fourth-order valence-corrected chi connectivity index (χ4v) is 3.38. The van der Waals surface area contributed by atoms with Crippen molar-refractivity contribution in [3.63, 3.8) is 0 Å². The summed E-state index contributed by atoms with van der Waals surface area (Å²) in [7, 11) is 0. The molecule has 2 aromatic rings. The highest BCUT2D eigenvalue weighted by atomic mass is 79.9. The van der Waals surface area contributed by atoms with Crippen molar-refractivity contribution in [2.24, 2.45) is 0 Å². The monoisotopic (exact) mass is 386 g/mol. The van der Waals surface area contributed by atoms with Gasteiger partial charge in [0.2, 0.25) is 0 Å². The van der Waals surface area contributed by atoms with Gasteiger partial charge in [-0.2, -0.15) is 0 Å². The van der Waals surface area contributed by atoms with E-state index in [0.717, 1.165) is 9.35 Å². The fraction of sp³-hybridized carbons (Fsp3) is 0.286. The maximum Gasteiger partial charge on any atom is 0.269 e. The molecule has 2 atom stereocenters. The molecule has 0 saturated heterocycles. The number of aliphatic hydroxyl groups is 2. The molecule has 2 rings (SSSR count). The van der Waals surface area contributed by atoms with Crippen LogP contribution in [0, 0.1) is 10.1 Å². The molecule has 118 valence electrons. The first-order valence-electron chi connectivity index (χ1n) is 6.51. The highest BCUT2D eigenvalue weighted by Gasteiger charge is 2.20. The van der Waals surface area contributed by atoms with Gasteiger partial charge in [0.05, 0.1) is 23.7 Å². The zero-order valence-electron chi connectivity index (χ0n) is 11.5. The van der Waals surface area contributed by atoms with Crippen LogP contribution in [-0.4, -0.2) is 27.8 Å². The highest BCUT2D eigenvalue weighted by molar-refractivity contribution is 9.10. The predicted octanol–water partition coefficient (Wildman–Crippen LogP) is 2.60. The van der Waals surface area contributed by atoms with E-state index < -0.39 is 17.1 Å². The van der Waals surface area contributed by atoms with Crippen molar-refractivity contribution in [3.05, 3.63) is 60.7 Å². The first kappa shape index (κ1) is 17.0. The van der Waals surface area contributed by atoms with Crippen LogP contribution < -0.4 is 5.32 Å². The fourth-order valence-electron chi connectivity index (χ4n) is 1.98. The number of benzene rings is 1. The van der Waals surface area contributed by atoms with Crippen molar-refractivity contribution in [2.75, 3.05) is 6.61 Å². The lowest BCUT2D eigenvalue weighted by molar-refractivity contribution is -0.384. The van der Waals surface area contributed by atoms with Gasteiger partial charge in [-0.3, -0.25) is 10.1 Å².